The molecule has 0 saturated heterocycles. The van der Waals surface area contributed by atoms with Gasteiger partial charge in [-0.1, -0.05) is 12.1 Å². The number of hydrogen-bond acceptors (Lipinski definition) is 4. The fraction of sp³-hybridized carbons (Fsp3) is 0.462. The lowest BCUT2D eigenvalue weighted by Crippen LogP contribution is -2.33. The molecule has 0 aliphatic carbocycles. The number of rotatable bonds is 8. The van der Waals surface area contributed by atoms with Crippen molar-refractivity contribution < 1.29 is 19.7 Å². The van der Waals surface area contributed by atoms with Gasteiger partial charge in [0.15, 0.2) is 0 Å². The van der Waals surface area contributed by atoms with Gasteiger partial charge in [0.1, 0.15) is 0 Å². The molecule has 0 aromatic heterocycles. The molecule has 1 aromatic rings. The molecular weight excluding hydrogens is 234 g/mol. The van der Waals surface area contributed by atoms with E-state index in [0.29, 0.717) is 19.6 Å². The molecule has 0 aliphatic rings. The molecule has 0 spiro atoms. The summed E-state index contributed by atoms with van der Waals surface area (Å²) >= 11 is 0. The predicted molar refractivity (Wildman–Crippen MR) is 67.6 cm³/mol. The van der Waals surface area contributed by atoms with Gasteiger partial charge in [-0.3, -0.25) is 0 Å². The molecule has 1 rings (SSSR count). The van der Waals surface area contributed by atoms with Gasteiger partial charge in [-0.05, 0) is 24.1 Å². The van der Waals surface area contributed by atoms with E-state index in [-0.39, 0.29) is 18.2 Å². The fourth-order valence-corrected chi connectivity index (χ4v) is 1.68. The largest absolute Gasteiger partial charge is 0.478 e. The number of carboxylic acids is 1. The molecular formula is C13H19NO4. The molecule has 3 N–H and O–H groups in total. The summed E-state index contributed by atoms with van der Waals surface area (Å²) < 4.78 is 5.04. The third kappa shape index (κ3) is 4.83. The molecule has 5 heteroatoms. The Labute approximate surface area is 106 Å². The number of aliphatic hydroxyl groups is 1. The summed E-state index contributed by atoms with van der Waals surface area (Å²) in [5.41, 5.74) is 1.17. The summed E-state index contributed by atoms with van der Waals surface area (Å²) in [4.78, 5) is 10.8. The fourth-order valence-electron chi connectivity index (χ4n) is 1.68. The van der Waals surface area contributed by atoms with E-state index < -0.39 is 5.97 Å². The van der Waals surface area contributed by atoms with Crippen LogP contribution < -0.4 is 5.32 Å². The van der Waals surface area contributed by atoms with Crippen LogP contribution in [0.1, 0.15) is 22.3 Å². The van der Waals surface area contributed by atoms with Gasteiger partial charge in [0.05, 0.1) is 12.2 Å². The minimum Gasteiger partial charge on any atom is -0.478 e. The second-order valence-corrected chi connectivity index (χ2v) is 4.05. The van der Waals surface area contributed by atoms with Crippen LogP contribution in [-0.2, 0) is 11.3 Å². The zero-order valence-corrected chi connectivity index (χ0v) is 10.4. The van der Waals surface area contributed by atoms with E-state index in [1.807, 2.05) is 6.07 Å². The van der Waals surface area contributed by atoms with Crippen molar-refractivity contribution >= 4 is 5.97 Å². The molecule has 1 atom stereocenters. The van der Waals surface area contributed by atoms with E-state index in [1.54, 1.807) is 25.3 Å². The number of aliphatic hydroxyl groups excluding tert-OH is 1. The van der Waals surface area contributed by atoms with Crippen LogP contribution in [0.25, 0.3) is 0 Å². The third-order valence-electron chi connectivity index (χ3n) is 2.61. The van der Waals surface area contributed by atoms with Crippen molar-refractivity contribution in [3.05, 3.63) is 35.4 Å². The molecule has 1 unspecified atom stereocenters. The minimum atomic E-state index is -0.930. The maximum Gasteiger partial charge on any atom is 0.335 e. The smallest absolute Gasteiger partial charge is 0.335 e. The third-order valence-corrected chi connectivity index (χ3v) is 2.61. The maximum atomic E-state index is 10.8. The van der Waals surface area contributed by atoms with Crippen LogP contribution in [0, 0.1) is 0 Å². The molecule has 0 heterocycles. The monoisotopic (exact) mass is 253 g/mol. The molecule has 0 fully saturated rings. The maximum absolute atomic E-state index is 10.8. The Morgan fingerprint density at radius 2 is 2.28 bits per heavy atom. The second kappa shape index (κ2) is 7.81. The summed E-state index contributed by atoms with van der Waals surface area (Å²) in [7, 11) is 1.61. The highest BCUT2D eigenvalue weighted by atomic mass is 16.5. The summed E-state index contributed by atoms with van der Waals surface area (Å²) in [5, 5.41) is 21.0. The number of ether oxygens (including phenoxy) is 1. The first-order valence-corrected chi connectivity index (χ1v) is 5.82. The zero-order chi connectivity index (χ0) is 13.4. The quantitative estimate of drug-likeness (QED) is 0.640. The highest BCUT2D eigenvalue weighted by Gasteiger charge is 2.08. The predicted octanol–water partition coefficient (Wildman–Crippen LogP) is 0.872. The number of benzene rings is 1. The molecule has 0 amide bonds. The van der Waals surface area contributed by atoms with Gasteiger partial charge < -0.3 is 20.3 Å². The van der Waals surface area contributed by atoms with E-state index in [2.05, 4.69) is 5.32 Å². The van der Waals surface area contributed by atoms with Gasteiger partial charge in [0, 0.05) is 26.3 Å². The average Bonchev–Trinajstić information content (AvgIpc) is 2.37. The van der Waals surface area contributed by atoms with Crippen LogP contribution in [0.5, 0.6) is 0 Å². The molecule has 1 aromatic carbocycles. The lowest BCUT2D eigenvalue weighted by Gasteiger charge is -2.16. The number of hydrogen-bond donors (Lipinski definition) is 3. The Balaban J connectivity index is 2.55. The average molecular weight is 253 g/mol. The van der Waals surface area contributed by atoms with Crippen molar-refractivity contribution in [2.45, 2.75) is 19.0 Å². The summed E-state index contributed by atoms with van der Waals surface area (Å²) in [6, 6.07) is 6.85. The molecule has 0 bridgehead atoms. The highest BCUT2D eigenvalue weighted by Crippen LogP contribution is 2.06. The Bertz CT molecular complexity index is 375. The van der Waals surface area contributed by atoms with Crippen LogP contribution in [0.2, 0.25) is 0 Å². The standard InChI is InChI=1S/C13H19NO4/c1-18-9-12(5-6-15)14-8-10-3-2-4-11(7-10)13(16)17/h2-4,7,12,14-15H,5-6,8-9H2,1H3,(H,16,17). The minimum absolute atomic E-state index is 0.0634. The van der Waals surface area contributed by atoms with Crippen LogP contribution in [0.3, 0.4) is 0 Å². The van der Waals surface area contributed by atoms with Crippen LogP contribution in [-0.4, -0.2) is 42.5 Å². The van der Waals surface area contributed by atoms with Gasteiger partial charge in [-0.15, -0.1) is 0 Å². The first kappa shape index (κ1) is 14.6. The highest BCUT2D eigenvalue weighted by molar-refractivity contribution is 5.87. The van der Waals surface area contributed by atoms with Crippen LogP contribution in [0.4, 0.5) is 0 Å². The molecule has 18 heavy (non-hydrogen) atoms. The Morgan fingerprint density at radius 1 is 1.50 bits per heavy atom. The molecule has 100 valence electrons. The normalized spacial score (nSPS) is 12.3. The van der Waals surface area contributed by atoms with Crippen molar-refractivity contribution in [1.82, 2.24) is 5.32 Å². The Hall–Kier alpha value is -1.43. The molecule has 0 saturated carbocycles. The van der Waals surface area contributed by atoms with E-state index in [4.69, 9.17) is 14.9 Å². The van der Waals surface area contributed by atoms with E-state index in [0.717, 1.165) is 5.56 Å². The number of aromatic carboxylic acids is 1. The van der Waals surface area contributed by atoms with Crippen LogP contribution in [0.15, 0.2) is 24.3 Å². The Kier molecular flexibility index (Phi) is 6.35. The van der Waals surface area contributed by atoms with E-state index >= 15 is 0 Å². The topological polar surface area (TPSA) is 78.8 Å². The van der Waals surface area contributed by atoms with Gasteiger partial charge >= 0.3 is 5.97 Å². The van der Waals surface area contributed by atoms with Crippen molar-refractivity contribution in [1.29, 1.82) is 0 Å². The summed E-state index contributed by atoms with van der Waals surface area (Å²) in [5.74, 6) is -0.930. The summed E-state index contributed by atoms with van der Waals surface area (Å²) in [6.07, 6.45) is 0.604. The first-order chi connectivity index (χ1) is 8.67. The van der Waals surface area contributed by atoms with Gasteiger partial charge in [-0.2, -0.15) is 0 Å². The summed E-state index contributed by atoms with van der Waals surface area (Å²) in [6.45, 7) is 1.16. The van der Waals surface area contributed by atoms with Gasteiger partial charge in [0.25, 0.3) is 0 Å². The zero-order valence-electron chi connectivity index (χ0n) is 10.4. The Morgan fingerprint density at radius 3 is 2.89 bits per heavy atom. The van der Waals surface area contributed by atoms with E-state index in [9.17, 15) is 4.79 Å². The first-order valence-electron chi connectivity index (χ1n) is 5.82. The van der Waals surface area contributed by atoms with Crippen molar-refractivity contribution in [3.8, 4) is 0 Å². The number of methoxy groups -OCH3 is 1. The molecule has 0 aliphatic heterocycles. The number of carbonyl (C=O) groups is 1. The van der Waals surface area contributed by atoms with E-state index in [1.165, 1.54) is 0 Å². The van der Waals surface area contributed by atoms with Gasteiger partial charge in [0.2, 0.25) is 0 Å². The number of carboxylic acid groups (broad SMARTS) is 1. The molecule has 0 radical (unpaired) electrons. The van der Waals surface area contributed by atoms with Crippen molar-refractivity contribution in [2.24, 2.45) is 0 Å². The number of nitrogens with one attached hydrogen (secondary N) is 1. The molecule has 5 nitrogen and oxygen atoms in total. The van der Waals surface area contributed by atoms with Crippen molar-refractivity contribution in [3.63, 3.8) is 0 Å². The lowest BCUT2D eigenvalue weighted by molar-refractivity contribution is 0.0696. The van der Waals surface area contributed by atoms with Gasteiger partial charge in [-0.25, -0.2) is 4.79 Å². The SMILES string of the molecule is COCC(CCO)NCc1cccc(C(=O)O)c1. The van der Waals surface area contributed by atoms with Crippen LogP contribution >= 0.6 is 0 Å². The van der Waals surface area contributed by atoms with Crippen molar-refractivity contribution in [2.75, 3.05) is 20.3 Å². The lowest BCUT2D eigenvalue weighted by atomic mass is 10.1. The second-order valence-electron chi connectivity index (χ2n) is 4.05.